The highest BCUT2D eigenvalue weighted by Gasteiger charge is 2.27. The molecule has 0 atom stereocenters. The first-order valence-electron chi connectivity index (χ1n) is 6.45. The normalized spacial score (nSPS) is 18.7. The maximum absolute atomic E-state index is 7.32. The van der Waals surface area contributed by atoms with Crippen molar-refractivity contribution in [3.63, 3.8) is 0 Å². The molecule has 0 radical (unpaired) electrons. The zero-order valence-corrected chi connectivity index (χ0v) is 11.2. The van der Waals surface area contributed by atoms with Crippen molar-refractivity contribution < 1.29 is 0 Å². The van der Waals surface area contributed by atoms with E-state index >= 15 is 0 Å². The minimum Gasteiger partial charge on any atom is -0.199 e. The molecule has 0 unspecified atom stereocenters. The van der Waals surface area contributed by atoms with E-state index in [9.17, 15) is 0 Å². The van der Waals surface area contributed by atoms with Gasteiger partial charge in [0.25, 0.3) is 0 Å². The van der Waals surface area contributed by atoms with Gasteiger partial charge in [0.05, 0.1) is 6.07 Å². The van der Waals surface area contributed by atoms with Crippen LogP contribution in [0.5, 0.6) is 0 Å². The van der Waals surface area contributed by atoms with Gasteiger partial charge in [0.1, 0.15) is 0 Å². The van der Waals surface area contributed by atoms with Crippen molar-refractivity contribution in [1.29, 1.82) is 5.26 Å². The fourth-order valence-electron chi connectivity index (χ4n) is 2.46. The molecule has 0 amide bonds. The summed E-state index contributed by atoms with van der Waals surface area (Å²) in [6.45, 7) is 6.22. The molecule has 2 rings (SSSR count). The molecule has 0 spiro atoms. The van der Waals surface area contributed by atoms with Crippen molar-refractivity contribution in [2.24, 2.45) is 5.41 Å². The molecule has 1 aromatic rings. The van der Waals surface area contributed by atoms with E-state index in [0.717, 1.165) is 5.92 Å². The van der Waals surface area contributed by atoms with E-state index in [0.29, 0.717) is 5.41 Å². The largest absolute Gasteiger partial charge is 0.199 e. The van der Waals surface area contributed by atoms with Gasteiger partial charge in [0.2, 0.25) is 0 Å². The lowest BCUT2D eigenvalue weighted by Gasteiger charge is -2.34. The van der Waals surface area contributed by atoms with E-state index < -0.39 is 0 Å². The second-order valence-corrected chi connectivity index (χ2v) is 5.57. The van der Waals surface area contributed by atoms with Crippen molar-refractivity contribution in [1.82, 2.24) is 0 Å². The van der Waals surface area contributed by atoms with Crippen molar-refractivity contribution in [3.8, 4) is 6.07 Å². The van der Waals surface area contributed by atoms with Gasteiger partial charge in [-0.1, -0.05) is 44.2 Å². The van der Waals surface area contributed by atoms with Crippen molar-refractivity contribution in [3.05, 3.63) is 35.9 Å². The predicted molar refractivity (Wildman–Crippen MR) is 72.7 cm³/mol. The van der Waals surface area contributed by atoms with E-state index in [1.165, 1.54) is 32.6 Å². The van der Waals surface area contributed by atoms with Gasteiger partial charge in [-0.3, -0.25) is 0 Å². The summed E-state index contributed by atoms with van der Waals surface area (Å²) in [6.07, 6.45) is 5.51. The predicted octanol–water partition coefficient (Wildman–Crippen LogP) is 4.90. The standard InChI is InChI=1S/C14H20.C2H3N/c1-14(2)10-8-13(9-11-14)12-6-4-3-5-7-12;1-2-3/h3-7,13H,8-11H2,1-2H3;1H3. The van der Waals surface area contributed by atoms with Gasteiger partial charge >= 0.3 is 0 Å². The molecule has 1 heteroatoms. The molecule has 1 aromatic carbocycles. The molecule has 1 nitrogen and oxygen atoms in total. The van der Waals surface area contributed by atoms with Crippen LogP contribution in [0.1, 0.15) is 57.9 Å². The molecule has 0 N–H and O–H groups in total. The van der Waals surface area contributed by atoms with Crippen LogP contribution in [-0.4, -0.2) is 0 Å². The zero-order valence-electron chi connectivity index (χ0n) is 11.2. The number of hydrogen-bond donors (Lipinski definition) is 0. The van der Waals surface area contributed by atoms with Crippen LogP contribution in [0.15, 0.2) is 30.3 Å². The molecular weight excluding hydrogens is 206 g/mol. The van der Waals surface area contributed by atoms with Gasteiger partial charge in [-0.2, -0.15) is 5.26 Å². The lowest BCUT2D eigenvalue weighted by molar-refractivity contribution is 0.224. The van der Waals surface area contributed by atoms with Crippen LogP contribution in [0.4, 0.5) is 0 Å². The fourth-order valence-corrected chi connectivity index (χ4v) is 2.46. The average Bonchev–Trinajstić information content (AvgIpc) is 2.31. The molecule has 0 aliphatic heterocycles. The molecule has 1 aliphatic rings. The van der Waals surface area contributed by atoms with Gasteiger partial charge in [-0.25, -0.2) is 0 Å². The Kier molecular flexibility index (Phi) is 5.22. The third-order valence-electron chi connectivity index (χ3n) is 3.61. The Balaban J connectivity index is 0.000000437. The zero-order chi connectivity index (χ0) is 12.7. The molecule has 0 bridgehead atoms. The smallest absolute Gasteiger partial charge is 0.0587 e. The number of benzene rings is 1. The van der Waals surface area contributed by atoms with Crippen LogP contribution in [0.2, 0.25) is 0 Å². The molecular formula is C16H23N. The Labute approximate surface area is 105 Å². The summed E-state index contributed by atoms with van der Waals surface area (Å²) in [5, 5.41) is 7.32. The number of nitriles is 1. The Hall–Kier alpha value is -1.29. The highest BCUT2D eigenvalue weighted by atomic mass is 14.3. The van der Waals surface area contributed by atoms with Crippen LogP contribution >= 0.6 is 0 Å². The topological polar surface area (TPSA) is 23.8 Å². The van der Waals surface area contributed by atoms with Crippen molar-refractivity contribution >= 4 is 0 Å². The fraction of sp³-hybridized carbons (Fsp3) is 0.562. The first-order valence-corrected chi connectivity index (χ1v) is 6.45. The van der Waals surface area contributed by atoms with Crippen LogP contribution in [0.3, 0.4) is 0 Å². The van der Waals surface area contributed by atoms with Crippen LogP contribution in [0.25, 0.3) is 0 Å². The van der Waals surface area contributed by atoms with E-state index in [4.69, 9.17) is 5.26 Å². The summed E-state index contributed by atoms with van der Waals surface area (Å²) in [6, 6.07) is 12.7. The monoisotopic (exact) mass is 229 g/mol. The molecule has 17 heavy (non-hydrogen) atoms. The van der Waals surface area contributed by atoms with E-state index in [1.807, 2.05) is 0 Å². The van der Waals surface area contributed by atoms with Gasteiger partial charge in [-0.15, -0.1) is 0 Å². The molecule has 0 aromatic heterocycles. The van der Waals surface area contributed by atoms with Gasteiger partial charge in [0, 0.05) is 6.92 Å². The average molecular weight is 229 g/mol. The third-order valence-corrected chi connectivity index (χ3v) is 3.61. The second kappa shape index (κ2) is 6.45. The Morgan fingerprint density at radius 2 is 1.59 bits per heavy atom. The Bertz CT molecular complexity index is 349. The molecule has 1 aliphatic carbocycles. The quantitative estimate of drug-likeness (QED) is 0.672. The molecule has 92 valence electrons. The van der Waals surface area contributed by atoms with Crippen LogP contribution < -0.4 is 0 Å². The number of rotatable bonds is 1. The molecule has 0 saturated heterocycles. The Morgan fingerprint density at radius 3 is 2.06 bits per heavy atom. The Morgan fingerprint density at radius 1 is 1.12 bits per heavy atom. The highest BCUT2D eigenvalue weighted by Crippen LogP contribution is 2.42. The lowest BCUT2D eigenvalue weighted by Crippen LogP contribution is -2.20. The third kappa shape index (κ3) is 4.61. The number of nitrogens with zero attached hydrogens (tertiary/aromatic N) is 1. The van der Waals surface area contributed by atoms with Crippen molar-refractivity contribution in [2.75, 3.05) is 0 Å². The van der Waals surface area contributed by atoms with Crippen molar-refractivity contribution in [2.45, 2.75) is 52.4 Å². The lowest BCUT2D eigenvalue weighted by atomic mass is 9.71. The first kappa shape index (κ1) is 13.8. The van der Waals surface area contributed by atoms with Gasteiger partial charge in [0.15, 0.2) is 0 Å². The second-order valence-electron chi connectivity index (χ2n) is 5.57. The van der Waals surface area contributed by atoms with E-state index in [2.05, 4.69) is 44.2 Å². The highest BCUT2D eigenvalue weighted by molar-refractivity contribution is 5.20. The summed E-state index contributed by atoms with van der Waals surface area (Å²) < 4.78 is 0. The van der Waals surface area contributed by atoms with Crippen LogP contribution in [-0.2, 0) is 0 Å². The first-order chi connectivity index (χ1) is 8.09. The molecule has 0 heterocycles. The van der Waals surface area contributed by atoms with Gasteiger partial charge in [-0.05, 0) is 42.6 Å². The van der Waals surface area contributed by atoms with Gasteiger partial charge < -0.3 is 0 Å². The maximum atomic E-state index is 7.32. The maximum Gasteiger partial charge on any atom is 0.0587 e. The van der Waals surface area contributed by atoms with E-state index in [1.54, 1.807) is 11.6 Å². The summed E-state index contributed by atoms with van der Waals surface area (Å²) >= 11 is 0. The molecule has 1 fully saturated rings. The molecule has 1 saturated carbocycles. The summed E-state index contributed by atoms with van der Waals surface area (Å²) in [7, 11) is 0. The van der Waals surface area contributed by atoms with E-state index in [-0.39, 0.29) is 0 Å². The summed E-state index contributed by atoms with van der Waals surface area (Å²) in [4.78, 5) is 0. The summed E-state index contributed by atoms with van der Waals surface area (Å²) in [5.41, 5.74) is 2.13. The summed E-state index contributed by atoms with van der Waals surface area (Å²) in [5.74, 6) is 0.823. The van der Waals surface area contributed by atoms with Crippen LogP contribution in [0, 0.1) is 16.7 Å². The SMILES string of the molecule is CC#N.CC1(C)CCC(c2ccccc2)CC1. The minimum absolute atomic E-state index is 0.589. The number of hydrogen-bond acceptors (Lipinski definition) is 1. The minimum atomic E-state index is 0.589.